The van der Waals surface area contributed by atoms with Crippen molar-refractivity contribution in [3.8, 4) is 0 Å². The van der Waals surface area contributed by atoms with Crippen LogP contribution in [-0.4, -0.2) is 148 Å². The van der Waals surface area contributed by atoms with Gasteiger partial charge < -0.3 is 62.3 Å². The molecular weight excluding hydrogens is 1170 g/mol. The smallest absolute Gasteiger partial charge is 0.407 e. The summed E-state index contributed by atoms with van der Waals surface area (Å²) >= 11 is 0. The number of Topliss-reactive ketones (excluding diaryl/α,β-unsaturated/α-hetero) is 1. The number of esters is 1. The molecule has 0 unspecified atom stereocenters. The number of aryl methyl sites for hydroxylation is 1. The number of aromatic nitrogens is 7. The molecule has 2 aliphatic rings. The van der Waals surface area contributed by atoms with Crippen molar-refractivity contribution < 1.29 is 63.1 Å². The number of fused-ring (bicyclic) bond motifs is 1. The summed E-state index contributed by atoms with van der Waals surface area (Å²) in [6, 6.07) is 2.70. The molecule has 1 aromatic carbocycles. The number of ketones is 1. The van der Waals surface area contributed by atoms with Crippen molar-refractivity contribution in [2.24, 2.45) is 23.5 Å². The van der Waals surface area contributed by atoms with E-state index in [1.807, 2.05) is 70.2 Å². The number of cyclic esters (lactones) is 1. The third kappa shape index (κ3) is 23.6. The minimum Gasteiger partial charge on any atom is -0.480 e. The van der Waals surface area contributed by atoms with Crippen LogP contribution >= 0.6 is 0 Å². The Balaban J connectivity index is 1.01. The van der Waals surface area contributed by atoms with Crippen molar-refractivity contribution in [3.63, 3.8) is 0 Å². The molecule has 0 radical (unpaired) electrons. The van der Waals surface area contributed by atoms with Crippen LogP contribution in [0.1, 0.15) is 127 Å². The molecule has 1 saturated heterocycles. The highest BCUT2D eigenvalue weighted by Crippen LogP contribution is 2.29. The number of hydrogen-bond acceptors (Lipinski definition) is 20. The Labute approximate surface area is 527 Å². The molecule has 0 bridgehead atoms. The maximum Gasteiger partial charge on any atom is 0.407 e. The average Bonchev–Trinajstić information content (AvgIpc) is 2.52. The Morgan fingerprint density at radius 1 is 0.945 bits per heavy atom. The fraction of sp³-hybridized carbons (Fsp3) is 0.484. The SMILES string of the molecule is C/C=C/[C@@H]1O[C@H]([C@@H](/C=C/C=C(\C)C[C@@H](C)/C=C(C)\C=C\[C@H]2CC=CC(=O)O2)NC(=O)OCCc2cn(CCC[C@H](CC(=O)CC[C@H](NC(=O)c3ccc(NCc4cnc5nc(N)[nH]c(=O)c5n4)cc3)C(=O)O)C(=O)N[C@H](CCCCN)C(=O)O)nn2)C[C@@H](O)[C@@H]1C. The number of amides is 3. The summed E-state index contributed by atoms with van der Waals surface area (Å²) in [4.78, 5) is 117. The molecule has 5 heterocycles. The van der Waals surface area contributed by atoms with Crippen LogP contribution in [-0.2, 0) is 57.7 Å². The highest BCUT2D eigenvalue weighted by Gasteiger charge is 2.37. The zero-order chi connectivity index (χ0) is 66.0. The van der Waals surface area contributed by atoms with Gasteiger partial charge in [0.05, 0.1) is 55.1 Å². The first-order valence-electron chi connectivity index (χ1n) is 30.6. The number of aliphatic carboxylic acids is 2. The largest absolute Gasteiger partial charge is 0.480 e. The van der Waals surface area contributed by atoms with Crippen LogP contribution in [0.2, 0.25) is 0 Å². The van der Waals surface area contributed by atoms with E-state index in [4.69, 9.17) is 25.7 Å². The molecule has 4 aromatic rings. The first-order valence-corrected chi connectivity index (χ1v) is 30.6. The van der Waals surface area contributed by atoms with Gasteiger partial charge in [0.25, 0.3) is 11.5 Å². The van der Waals surface area contributed by atoms with Crippen molar-refractivity contribution in [3.05, 3.63) is 136 Å². The van der Waals surface area contributed by atoms with E-state index in [1.165, 1.54) is 29.1 Å². The van der Waals surface area contributed by atoms with Gasteiger partial charge in [0.1, 0.15) is 24.0 Å². The van der Waals surface area contributed by atoms with E-state index in [0.29, 0.717) is 42.9 Å². The summed E-state index contributed by atoms with van der Waals surface area (Å²) in [5, 5.41) is 50.5. The number of ether oxygens (including phenoxy) is 3. The van der Waals surface area contributed by atoms with Crippen molar-refractivity contribution in [1.82, 2.24) is 50.9 Å². The summed E-state index contributed by atoms with van der Waals surface area (Å²) in [7, 11) is 0. The molecule has 27 nitrogen and oxygen atoms in total. The average molecular weight is 1260 g/mol. The number of nitrogen functional groups attached to an aromatic ring is 1. The topological polar surface area (TPSA) is 410 Å². The van der Waals surface area contributed by atoms with Gasteiger partial charge in [-0.1, -0.05) is 78.8 Å². The summed E-state index contributed by atoms with van der Waals surface area (Å²) in [6.07, 6.45) is 21.3. The predicted molar refractivity (Wildman–Crippen MR) is 338 cm³/mol. The molecule has 27 heteroatoms. The fourth-order valence-electron chi connectivity index (χ4n) is 10.4. The second-order valence-electron chi connectivity index (χ2n) is 22.9. The molecule has 3 amide bonds. The van der Waals surface area contributed by atoms with Crippen molar-refractivity contribution in [2.75, 3.05) is 24.2 Å². The van der Waals surface area contributed by atoms with Crippen LogP contribution < -0.4 is 38.3 Å². The van der Waals surface area contributed by atoms with Gasteiger partial charge in [0, 0.05) is 74.0 Å². The number of benzene rings is 1. The molecule has 0 aliphatic carbocycles. The van der Waals surface area contributed by atoms with Gasteiger partial charge in [-0.15, -0.1) is 5.10 Å². The van der Waals surface area contributed by atoms with Crippen LogP contribution in [0.4, 0.5) is 16.4 Å². The zero-order valence-electron chi connectivity index (χ0n) is 52.0. The van der Waals surface area contributed by atoms with Crippen LogP contribution in [0, 0.1) is 17.8 Å². The number of hydrogen-bond donors (Lipinski definition) is 10. The van der Waals surface area contributed by atoms with Crippen LogP contribution in [0.5, 0.6) is 0 Å². The lowest BCUT2D eigenvalue weighted by Gasteiger charge is -2.39. The maximum atomic E-state index is 13.8. The number of aliphatic hydroxyl groups is 1. The van der Waals surface area contributed by atoms with E-state index in [2.05, 4.69) is 64.5 Å². The molecule has 3 aromatic heterocycles. The molecule has 0 saturated carbocycles. The number of carboxylic acid groups (broad SMARTS) is 2. The third-order valence-corrected chi connectivity index (χ3v) is 15.3. The zero-order valence-corrected chi connectivity index (χ0v) is 52.0. The highest BCUT2D eigenvalue weighted by atomic mass is 16.6. The Kier molecular flexibility index (Phi) is 27.9. The van der Waals surface area contributed by atoms with Gasteiger partial charge in [-0.3, -0.25) is 28.8 Å². The van der Waals surface area contributed by atoms with Crippen molar-refractivity contribution in [2.45, 2.75) is 167 Å². The molecule has 2 aliphatic heterocycles. The lowest BCUT2D eigenvalue weighted by Crippen LogP contribution is -2.51. The molecule has 1 fully saturated rings. The molecule has 6 rings (SSSR count). The number of aliphatic hydroxyl groups excluding tert-OH is 1. The molecule has 12 N–H and O–H groups in total. The van der Waals surface area contributed by atoms with E-state index in [0.717, 1.165) is 17.6 Å². The van der Waals surface area contributed by atoms with Gasteiger partial charge in [-0.05, 0) is 109 Å². The lowest BCUT2D eigenvalue weighted by atomic mass is 9.87. The summed E-state index contributed by atoms with van der Waals surface area (Å²) < 4.78 is 18.9. The van der Waals surface area contributed by atoms with Crippen LogP contribution in [0.15, 0.2) is 113 Å². The van der Waals surface area contributed by atoms with Gasteiger partial charge in [0.15, 0.2) is 11.2 Å². The van der Waals surface area contributed by atoms with Gasteiger partial charge in [0.2, 0.25) is 11.9 Å². The maximum absolute atomic E-state index is 13.8. The van der Waals surface area contributed by atoms with Crippen molar-refractivity contribution in [1.29, 1.82) is 0 Å². The number of carbonyl (C=O) groups excluding carboxylic acids is 5. The Morgan fingerprint density at radius 3 is 2.43 bits per heavy atom. The van der Waals surface area contributed by atoms with Gasteiger partial charge in [-0.2, -0.15) is 4.98 Å². The first kappa shape index (κ1) is 70.9. The number of alkyl carbamates (subject to hydrolysis) is 1. The second-order valence-corrected chi connectivity index (χ2v) is 22.9. The van der Waals surface area contributed by atoms with E-state index < -0.39 is 77.4 Å². The normalized spacial score (nSPS) is 19.6. The molecule has 91 heavy (non-hydrogen) atoms. The number of unbranched alkanes of at least 4 members (excludes halogenated alkanes) is 1. The quantitative estimate of drug-likeness (QED) is 0.0118. The van der Waals surface area contributed by atoms with Gasteiger partial charge in [-0.25, -0.2) is 29.1 Å². The monoisotopic (exact) mass is 1260 g/mol. The fourth-order valence-corrected chi connectivity index (χ4v) is 10.4. The van der Waals surface area contributed by atoms with E-state index in [-0.39, 0.29) is 124 Å². The predicted octanol–water partition coefficient (Wildman–Crippen LogP) is 5.49. The highest BCUT2D eigenvalue weighted by molar-refractivity contribution is 5.97. The minimum atomic E-state index is -1.48. The lowest BCUT2D eigenvalue weighted by molar-refractivity contribution is -0.143. The van der Waals surface area contributed by atoms with E-state index in [1.54, 1.807) is 24.4 Å². The number of nitrogens with two attached hydrogens (primary N) is 2. The Morgan fingerprint density at radius 2 is 1.70 bits per heavy atom. The number of aromatic amines is 1. The summed E-state index contributed by atoms with van der Waals surface area (Å²) in [5.41, 5.74) is 14.5. The number of rotatable bonds is 35. The van der Waals surface area contributed by atoms with E-state index in [9.17, 15) is 53.7 Å². The van der Waals surface area contributed by atoms with Crippen LogP contribution in [0.25, 0.3) is 11.2 Å². The van der Waals surface area contributed by atoms with Crippen LogP contribution in [0.3, 0.4) is 0 Å². The number of anilines is 2. The number of nitrogens with zero attached hydrogens (tertiary/aromatic N) is 6. The standard InChI is InChI=1S/C64H85N13O14/c1-6-12-53-41(5)52(79)34-54(91-53)49(17-9-13-38(2)31-40(4)32-39(3)19-25-48-15-10-18-55(80)90-48)72-64(88)89-30-27-45-37-77(76-75-45)29-11-14-43(59(82)70-50(61(84)85)16-7-8-28-65)33-47(78)24-26-51(62(86)87)71-58(81)42-20-22-44(23-21-42)67-35-46-36-68-57-56(69-46)60(83)74-63(66)73-57/h6,9-10,12-13,17-23,25,32,36-37,40-41,43,48-54,67,79H,7-8,11,14-16,24,26-31,33-35,65H2,1-5H3,(H,70,82)(H,71,81)(H,72,88)(H,84,85)(H,86,87)(H3,66,68,73,74,83)/b12-6+,17-9+,25-19+,38-13+,39-32-/t40-,41+,43-,48-,49-,50-,51+,52-,53+,54+/m1/s1. The minimum absolute atomic E-state index is 0.0103. The second kappa shape index (κ2) is 35.8. The molecule has 0 spiro atoms. The molecule has 10 atom stereocenters. The number of nitrogens with one attached hydrogen (secondary N) is 5. The number of allylic oxidation sites excluding steroid dienone is 7. The van der Waals surface area contributed by atoms with Gasteiger partial charge >= 0.3 is 24.0 Å². The Bertz CT molecular complexity index is 3390. The third-order valence-electron chi connectivity index (χ3n) is 15.3. The summed E-state index contributed by atoms with van der Waals surface area (Å²) in [5.74, 6) is -5.96. The first-order chi connectivity index (χ1) is 43.6. The number of carboxylic acids is 2. The molecular formula is C64H85N13O14. The Hall–Kier alpha value is -9.21. The number of carbonyl (C=O) groups is 7. The van der Waals surface area contributed by atoms with E-state index >= 15 is 0 Å². The summed E-state index contributed by atoms with van der Waals surface area (Å²) in [6.45, 7) is 10.6. The van der Waals surface area contributed by atoms with Crippen molar-refractivity contribution >= 4 is 64.4 Å². The molecule has 490 valence electrons. The number of H-pyrrole nitrogens is 1.